The third-order valence-corrected chi connectivity index (χ3v) is 5.34. The third kappa shape index (κ3) is 4.40. The summed E-state index contributed by atoms with van der Waals surface area (Å²) in [6.07, 6.45) is 1.02. The number of carbonyl (C=O) groups excluding carboxylic acids is 1. The molecular formula is C19H23FN2O3S. The van der Waals surface area contributed by atoms with Gasteiger partial charge in [-0.1, -0.05) is 17.7 Å². The van der Waals surface area contributed by atoms with E-state index in [9.17, 15) is 17.6 Å². The highest BCUT2D eigenvalue weighted by Crippen LogP contribution is 2.25. The average Bonchev–Trinajstić information content (AvgIpc) is 2.51. The lowest BCUT2D eigenvalue weighted by molar-refractivity contribution is -0.116. The fourth-order valence-electron chi connectivity index (χ4n) is 3.00. The molecule has 2 aromatic rings. The highest BCUT2D eigenvalue weighted by Gasteiger charge is 2.29. The van der Waals surface area contributed by atoms with E-state index < -0.39 is 27.8 Å². The van der Waals surface area contributed by atoms with Gasteiger partial charge in [0.25, 0.3) is 0 Å². The monoisotopic (exact) mass is 378 g/mol. The van der Waals surface area contributed by atoms with Crippen LogP contribution < -0.4 is 9.62 Å². The van der Waals surface area contributed by atoms with E-state index in [1.54, 1.807) is 0 Å². The van der Waals surface area contributed by atoms with E-state index in [4.69, 9.17) is 0 Å². The summed E-state index contributed by atoms with van der Waals surface area (Å²) < 4.78 is 38.6. The minimum atomic E-state index is -3.74. The highest BCUT2D eigenvalue weighted by atomic mass is 32.2. The van der Waals surface area contributed by atoms with Gasteiger partial charge in [-0.3, -0.25) is 9.10 Å². The van der Waals surface area contributed by atoms with Crippen molar-refractivity contribution in [3.05, 3.63) is 58.9 Å². The van der Waals surface area contributed by atoms with Crippen molar-refractivity contribution in [3.8, 4) is 0 Å². The molecule has 2 aromatic carbocycles. The van der Waals surface area contributed by atoms with Crippen LogP contribution in [0.5, 0.6) is 0 Å². The van der Waals surface area contributed by atoms with Gasteiger partial charge in [0.2, 0.25) is 15.9 Å². The first-order chi connectivity index (χ1) is 12.0. The molecule has 0 aliphatic heterocycles. The van der Waals surface area contributed by atoms with E-state index in [1.807, 2.05) is 32.9 Å². The van der Waals surface area contributed by atoms with Crippen LogP contribution in [0, 0.1) is 26.6 Å². The molecule has 5 nitrogen and oxygen atoms in total. The van der Waals surface area contributed by atoms with Crippen LogP contribution in [0.1, 0.15) is 23.6 Å². The van der Waals surface area contributed by atoms with Crippen molar-refractivity contribution in [3.63, 3.8) is 0 Å². The largest absolute Gasteiger partial charge is 0.324 e. The Hall–Kier alpha value is -2.41. The van der Waals surface area contributed by atoms with Gasteiger partial charge in [-0.2, -0.15) is 0 Å². The maximum Gasteiger partial charge on any atom is 0.248 e. The van der Waals surface area contributed by atoms with Crippen molar-refractivity contribution in [2.24, 2.45) is 0 Å². The standard InChI is InChI=1S/C19H23FN2O3S/c1-12-10-13(2)18(14(3)11-12)21-19(23)15(4)22(26(5,24)25)17-8-6-16(20)7-9-17/h6-11,15H,1-5H3,(H,21,23)/t15-/m1/s1. The van der Waals surface area contributed by atoms with Crippen LogP contribution in [-0.4, -0.2) is 26.6 Å². The predicted molar refractivity (Wildman–Crippen MR) is 102 cm³/mol. The second-order valence-corrected chi connectivity index (χ2v) is 8.33. The van der Waals surface area contributed by atoms with E-state index in [-0.39, 0.29) is 5.69 Å². The Morgan fingerprint density at radius 3 is 2.04 bits per heavy atom. The van der Waals surface area contributed by atoms with Gasteiger partial charge >= 0.3 is 0 Å². The molecule has 26 heavy (non-hydrogen) atoms. The normalized spacial score (nSPS) is 12.5. The van der Waals surface area contributed by atoms with Crippen LogP contribution in [0.3, 0.4) is 0 Å². The molecule has 0 bridgehead atoms. The molecule has 0 radical (unpaired) electrons. The minimum absolute atomic E-state index is 0.230. The molecular weight excluding hydrogens is 355 g/mol. The lowest BCUT2D eigenvalue weighted by Crippen LogP contribution is -2.45. The second kappa shape index (κ2) is 7.45. The molecule has 0 unspecified atom stereocenters. The van der Waals surface area contributed by atoms with Crippen molar-refractivity contribution < 1.29 is 17.6 Å². The number of rotatable bonds is 5. The molecule has 0 heterocycles. The summed E-state index contributed by atoms with van der Waals surface area (Å²) in [7, 11) is -3.74. The van der Waals surface area contributed by atoms with Gasteiger partial charge in [0.05, 0.1) is 11.9 Å². The Labute approximate surface area is 153 Å². The molecule has 0 saturated heterocycles. The second-order valence-electron chi connectivity index (χ2n) is 6.47. The molecule has 2 rings (SSSR count). The Bertz CT molecular complexity index is 901. The fourth-order valence-corrected chi connectivity index (χ4v) is 4.18. The molecule has 1 amide bonds. The van der Waals surface area contributed by atoms with Crippen LogP contribution >= 0.6 is 0 Å². The summed E-state index contributed by atoms with van der Waals surface area (Å²) in [5.74, 6) is -0.944. The number of nitrogens with one attached hydrogen (secondary N) is 1. The Morgan fingerprint density at radius 2 is 1.58 bits per heavy atom. The lowest BCUT2D eigenvalue weighted by atomic mass is 10.0. The number of sulfonamides is 1. The molecule has 140 valence electrons. The van der Waals surface area contributed by atoms with E-state index in [2.05, 4.69) is 5.32 Å². The number of hydrogen-bond acceptors (Lipinski definition) is 3. The zero-order valence-electron chi connectivity index (χ0n) is 15.5. The maximum atomic E-state index is 13.2. The molecule has 0 aromatic heterocycles. The van der Waals surface area contributed by atoms with Gasteiger partial charge in [-0.25, -0.2) is 12.8 Å². The zero-order chi connectivity index (χ0) is 19.6. The van der Waals surface area contributed by atoms with Crippen LogP contribution in [0.25, 0.3) is 0 Å². The topological polar surface area (TPSA) is 66.5 Å². The van der Waals surface area contributed by atoms with E-state index >= 15 is 0 Å². The van der Waals surface area contributed by atoms with Crippen LogP contribution in [0.2, 0.25) is 0 Å². The summed E-state index contributed by atoms with van der Waals surface area (Å²) in [6, 6.07) is 7.88. The molecule has 1 N–H and O–H groups in total. The van der Waals surface area contributed by atoms with E-state index in [1.165, 1.54) is 19.1 Å². The molecule has 0 saturated carbocycles. The lowest BCUT2D eigenvalue weighted by Gasteiger charge is -2.28. The van der Waals surface area contributed by atoms with Crippen molar-refractivity contribution in [2.45, 2.75) is 33.7 Å². The number of aryl methyl sites for hydroxylation is 3. The number of anilines is 2. The first-order valence-corrected chi connectivity index (χ1v) is 9.99. The summed E-state index contributed by atoms with van der Waals surface area (Å²) >= 11 is 0. The Morgan fingerprint density at radius 1 is 1.08 bits per heavy atom. The first-order valence-electron chi connectivity index (χ1n) is 8.14. The van der Waals surface area contributed by atoms with Gasteiger partial charge in [0.1, 0.15) is 11.9 Å². The predicted octanol–water partition coefficient (Wildman–Crippen LogP) is 3.54. The SMILES string of the molecule is Cc1cc(C)c(NC(=O)[C@@H](C)N(c2ccc(F)cc2)S(C)(=O)=O)c(C)c1. The van der Waals surface area contributed by atoms with Crippen LogP contribution in [0.4, 0.5) is 15.8 Å². The summed E-state index contributed by atoms with van der Waals surface area (Å²) in [4.78, 5) is 12.7. The number of benzene rings is 2. The Balaban J connectivity index is 2.36. The van der Waals surface area contributed by atoms with Crippen molar-refractivity contribution in [2.75, 3.05) is 15.9 Å². The van der Waals surface area contributed by atoms with Crippen molar-refractivity contribution in [1.29, 1.82) is 0 Å². The maximum absolute atomic E-state index is 13.2. The van der Waals surface area contributed by atoms with E-state index in [0.29, 0.717) is 5.69 Å². The number of nitrogens with zero attached hydrogens (tertiary/aromatic N) is 1. The molecule has 1 atom stereocenters. The van der Waals surface area contributed by atoms with Gasteiger partial charge < -0.3 is 5.32 Å². The quantitative estimate of drug-likeness (QED) is 0.865. The Kier molecular flexibility index (Phi) is 5.71. The molecule has 0 aliphatic rings. The number of hydrogen-bond donors (Lipinski definition) is 1. The number of amides is 1. The number of halogens is 1. The average molecular weight is 378 g/mol. The van der Waals surface area contributed by atoms with E-state index in [0.717, 1.165) is 39.4 Å². The van der Waals surface area contributed by atoms with Gasteiger partial charge in [-0.15, -0.1) is 0 Å². The zero-order valence-corrected chi connectivity index (χ0v) is 16.3. The van der Waals surface area contributed by atoms with Crippen LogP contribution in [0.15, 0.2) is 36.4 Å². The van der Waals surface area contributed by atoms with Crippen molar-refractivity contribution in [1.82, 2.24) is 0 Å². The third-order valence-electron chi connectivity index (χ3n) is 4.09. The fraction of sp³-hybridized carbons (Fsp3) is 0.316. The van der Waals surface area contributed by atoms with Crippen LogP contribution in [-0.2, 0) is 14.8 Å². The summed E-state index contributed by atoms with van der Waals surface area (Å²) in [6.45, 7) is 7.23. The smallest absolute Gasteiger partial charge is 0.248 e. The first kappa shape index (κ1) is 19.9. The van der Waals surface area contributed by atoms with Crippen molar-refractivity contribution >= 4 is 27.3 Å². The van der Waals surface area contributed by atoms with Gasteiger partial charge in [-0.05, 0) is 63.1 Å². The number of carbonyl (C=O) groups is 1. The molecule has 7 heteroatoms. The molecule has 0 spiro atoms. The highest BCUT2D eigenvalue weighted by molar-refractivity contribution is 7.92. The molecule has 0 aliphatic carbocycles. The molecule has 0 fully saturated rings. The van der Waals surface area contributed by atoms with Gasteiger partial charge in [0, 0.05) is 5.69 Å². The summed E-state index contributed by atoms with van der Waals surface area (Å²) in [5.41, 5.74) is 3.77. The van der Waals surface area contributed by atoms with Gasteiger partial charge in [0.15, 0.2) is 0 Å². The summed E-state index contributed by atoms with van der Waals surface area (Å²) in [5, 5.41) is 2.82. The minimum Gasteiger partial charge on any atom is -0.324 e.